The summed E-state index contributed by atoms with van der Waals surface area (Å²) >= 11 is 0. The molecule has 0 radical (unpaired) electrons. The molecule has 2 rings (SSSR count). The molecular weight excluding hydrogens is 184 g/mol. The summed E-state index contributed by atoms with van der Waals surface area (Å²) in [6, 6.07) is 0. The summed E-state index contributed by atoms with van der Waals surface area (Å²) in [7, 11) is 0. The molecule has 88 valence electrons. The van der Waals surface area contributed by atoms with Crippen molar-refractivity contribution in [2.24, 2.45) is 17.1 Å². The molecule has 0 amide bonds. The van der Waals surface area contributed by atoms with Crippen LogP contribution in [0.5, 0.6) is 0 Å². The molecule has 0 aromatic carbocycles. The molecule has 0 bridgehead atoms. The van der Waals surface area contributed by atoms with Crippen molar-refractivity contribution in [1.82, 2.24) is 4.90 Å². The average molecular weight is 210 g/mol. The highest BCUT2D eigenvalue weighted by atomic mass is 15.2. The second-order valence-electron chi connectivity index (χ2n) is 5.74. The van der Waals surface area contributed by atoms with Crippen LogP contribution >= 0.6 is 0 Å². The molecule has 15 heavy (non-hydrogen) atoms. The Hall–Kier alpha value is -0.0800. The fourth-order valence-corrected chi connectivity index (χ4v) is 3.28. The lowest BCUT2D eigenvalue weighted by Crippen LogP contribution is -2.46. The quantitative estimate of drug-likeness (QED) is 0.754. The Labute approximate surface area is 94.2 Å². The Morgan fingerprint density at radius 1 is 1.40 bits per heavy atom. The zero-order valence-electron chi connectivity index (χ0n) is 10.2. The average Bonchev–Trinajstić information content (AvgIpc) is 2.60. The number of likely N-dealkylation sites (tertiary alicyclic amines) is 1. The normalized spacial score (nSPS) is 30.4. The van der Waals surface area contributed by atoms with Gasteiger partial charge in [-0.05, 0) is 50.1 Å². The number of hydrogen-bond acceptors (Lipinski definition) is 2. The maximum atomic E-state index is 5.91. The fraction of sp³-hybridized carbons (Fsp3) is 1.00. The molecule has 2 nitrogen and oxygen atoms in total. The van der Waals surface area contributed by atoms with Gasteiger partial charge in [0.2, 0.25) is 0 Å². The third-order valence-electron chi connectivity index (χ3n) is 4.47. The van der Waals surface area contributed by atoms with E-state index in [1.807, 2.05) is 0 Å². The Bertz CT molecular complexity index is 193. The van der Waals surface area contributed by atoms with E-state index < -0.39 is 0 Å². The Kier molecular flexibility index (Phi) is 3.68. The molecule has 1 aliphatic carbocycles. The van der Waals surface area contributed by atoms with Crippen LogP contribution in [-0.2, 0) is 0 Å². The zero-order valence-corrected chi connectivity index (χ0v) is 10.2. The smallest absolute Gasteiger partial charge is 0.00502 e. The van der Waals surface area contributed by atoms with Crippen molar-refractivity contribution in [2.45, 2.75) is 45.4 Å². The van der Waals surface area contributed by atoms with Crippen LogP contribution in [-0.4, -0.2) is 31.1 Å². The first-order chi connectivity index (χ1) is 7.28. The molecule has 1 unspecified atom stereocenters. The van der Waals surface area contributed by atoms with E-state index in [4.69, 9.17) is 5.73 Å². The maximum absolute atomic E-state index is 5.91. The highest BCUT2D eigenvalue weighted by Gasteiger charge is 2.38. The lowest BCUT2D eigenvalue weighted by Gasteiger charge is -2.43. The Morgan fingerprint density at radius 2 is 2.20 bits per heavy atom. The van der Waals surface area contributed by atoms with E-state index >= 15 is 0 Å². The van der Waals surface area contributed by atoms with Gasteiger partial charge in [-0.3, -0.25) is 0 Å². The third kappa shape index (κ3) is 2.54. The molecule has 1 heterocycles. The molecular formula is C13H26N2. The Morgan fingerprint density at radius 3 is 2.73 bits per heavy atom. The summed E-state index contributed by atoms with van der Waals surface area (Å²) in [5.74, 6) is 0.977. The van der Waals surface area contributed by atoms with Gasteiger partial charge in [0.1, 0.15) is 0 Å². The van der Waals surface area contributed by atoms with Gasteiger partial charge in [-0.1, -0.05) is 19.8 Å². The largest absolute Gasteiger partial charge is 0.330 e. The van der Waals surface area contributed by atoms with Crippen molar-refractivity contribution in [3.63, 3.8) is 0 Å². The van der Waals surface area contributed by atoms with Gasteiger partial charge in [-0.2, -0.15) is 0 Å². The van der Waals surface area contributed by atoms with E-state index in [2.05, 4.69) is 11.8 Å². The summed E-state index contributed by atoms with van der Waals surface area (Å²) < 4.78 is 0. The summed E-state index contributed by atoms with van der Waals surface area (Å²) in [6.07, 6.45) is 8.35. The van der Waals surface area contributed by atoms with E-state index in [9.17, 15) is 0 Å². The van der Waals surface area contributed by atoms with Gasteiger partial charge in [0.05, 0.1) is 0 Å². The summed E-state index contributed by atoms with van der Waals surface area (Å²) in [6.45, 7) is 7.16. The van der Waals surface area contributed by atoms with E-state index in [1.54, 1.807) is 0 Å². The first-order valence-corrected chi connectivity index (χ1v) is 6.70. The molecule has 2 N–H and O–H groups in total. The van der Waals surface area contributed by atoms with Gasteiger partial charge in [-0.25, -0.2) is 0 Å². The van der Waals surface area contributed by atoms with Gasteiger partial charge in [0.15, 0.2) is 0 Å². The molecule has 2 fully saturated rings. The van der Waals surface area contributed by atoms with E-state index in [1.165, 1.54) is 58.2 Å². The minimum absolute atomic E-state index is 0.515. The number of nitrogens with two attached hydrogens (primary N) is 1. The zero-order chi connectivity index (χ0) is 10.7. The lowest BCUT2D eigenvalue weighted by molar-refractivity contribution is 0.0848. The van der Waals surface area contributed by atoms with Gasteiger partial charge < -0.3 is 10.6 Å². The van der Waals surface area contributed by atoms with Gasteiger partial charge in [0.25, 0.3) is 0 Å². The van der Waals surface area contributed by atoms with Crippen LogP contribution in [0.4, 0.5) is 0 Å². The van der Waals surface area contributed by atoms with Crippen LogP contribution in [0, 0.1) is 11.3 Å². The predicted molar refractivity (Wildman–Crippen MR) is 64.8 cm³/mol. The van der Waals surface area contributed by atoms with Crippen LogP contribution in [0.15, 0.2) is 0 Å². The van der Waals surface area contributed by atoms with E-state index in [0.717, 1.165) is 12.5 Å². The van der Waals surface area contributed by atoms with Crippen molar-refractivity contribution in [1.29, 1.82) is 0 Å². The molecule has 1 saturated heterocycles. The van der Waals surface area contributed by atoms with Crippen molar-refractivity contribution >= 4 is 0 Å². The molecule has 2 heteroatoms. The standard InChI is InChI=1S/C13H26N2/c1-2-4-12-5-8-15(9-12)11-13(10-14)6-3-7-13/h12H,2-11,14H2,1H3. The molecule has 1 aliphatic heterocycles. The SMILES string of the molecule is CCCC1CCN(CC2(CN)CCC2)C1. The minimum atomic E-state index is 0.515. The molecule has 0 spiro atoms. The topological polar surface area (TPSA) is 29.3 Å². The number of rotatable bonds is 5. The number of nitrogens with zero attached hydrogens (tertiary/aromatic N) is 1. The summed E-state index contributed by atoms with van der Waals surface area (Å²) in [5.41, 5.74) is 6.43. The first-order valence-electron chi connectivity index (χ1n) is 6.70. The van der Waals surface area contributed by atoms with Gasteiger partial charge in [-0.15, -0.1) is 0 Å². The van der Waals surface area contributed by atoms with Crippen molar-refractivity contribution in [3.05, 3.63) is 0 Å². The minimum Gasteiger partial charge on any atom is -0.330 e. The third-order valence-corrected chi connectivity index (χ3v) is 4.47. The molecule has 0 aromatic rings. The second kappa shape index (κ2) is 4.84. The molecule has 0 aromatic heterocycles. The predicted octanol–water partition coefficient (Wildman–Crippen LogP) is 2.24. The van der Waals surface area contributed by atoms with Crippen LogP contribution in [0.25, 0.3) is 0 Å². The summed E-state index contributed by atoms with van der Waals surface area (Å²) in [4.78, 5) is 2.67. The highest BCUT2D eigenvalue weighted by molar-refractivity contribution is 4.92. The van der Waals surface area contributed by atoms with Crippen LogP contribution in [0.3, 0.4) is 0 Å². The molecule has 1 atom stereocenters. The summed E-state index contributed by atoms with van der Waals surface area (Å²) in [5, 5.41) is 0. The maximum Gasteiger partial charge on any atom is 0.00502 e. The van der Waals surface area contributed by atoms with E-state index in [0.29, 0.717) is 5.41 Å². The number of hydrogen-bond donors (Lipinski definition) is 1. The van der Waals surface area contributed by atoms with Crippen molar-refractivity contribution in [3.8, 4) is 0 Å². The monoisotopic (exact) mass is 210 g/mol. The highest BCUT2D eigenvalue weighted by Crippen LogP contribution is 2.41. The van der Waals surface area contributed by atoms with Crippen molar-refractivity contribution < 1.29 is 0 Å². The van der Waals surface area contributed by atoms with Crippen LogP contribution < -0.4 is 5.73 Å². The first kappa shape index (κ1) is 11.4. The van der Waals surface area contributed by atoms with Crippen LogP contribution in [0.1, 0.15) is 45.4 Å². The van der Waals surface area contributed by atoms with E-state index in [-0.39, 0.29) is 0 Å². The lowest BCUT2D eigenvalue weighted by atomic mass is 9.68. The Balaban J connectivity index is 1.76. The fourth-order valence-electron chi connectivity index (χ4n) is 3.28. The van der Waals surface area contributed by atoms with Gasteiger partial charge in [0, 0.05) is 13.1 Å². The molecule has 1 saturated carbocycles. The second-order valence-corrected chi connectivity index (χ2v) is 5.74. The van der Waals surface area contributed by atoms with Crippen LogP contribution in [0.2, 0.25) is 0 Å². The molecule has 2 aliphatic rings. The van der Waals surface area contributed by atoms with Gasteiger partial charge >= 0.3 is 0 Å². The van der Waals surface area contributed by atoms with Crippen molar-refractivity contribution in [2.75, 3.05) is 26.2 Å².